The summed E-state index contributed by atoms with van der Waals surface area (Å²) >= 11 is 3.42. The van der Waals surface area contributed by atoms with Gasteiger partial charge in [0.2, 0.25) is 12.6 Å². The largest absolute Gasteiger partial charge is 1.00 e. The number of aryl methyl sites for hydroxylation is 2. The zero-order valence-electron chi connectivity index (χ0n) is 72.2. The Morgan fingerprint density at radius 3 is 0.871 bits per heavy atom. The highest BCUT2D eigenvalue weighted by Gasteiger charge is 2.26. The Morgan fingerprint density at radius 1 is 0.355 bits per heavy atom. The normalized spacial score (nSPS) is 11.2. The van der Waals surface area contributed by atoms with E-state index in [0.29, 0.717) is 73.1 Å². The van der Waals surface area contributed by atoms with Gasteiger partial charge in [-0.05, 0) is 178 Å². The number of alkyl halides is 1. The van der Waals surface area contributed by atoms with Crippen molar-refractivity contribution in [2.24, 2.45) is 0 Å². The van der Waals surface area contributed by atoms with Crippen LogP contribution in [0.3, 0.4) is 0 Å². The lowest BCUT2D eigenvalue weighted by Crippen LogP contribution is -3.00. The van der Waals surface area contributed by atoms with Crippen LogP contribution in [-0.4, -0.2) is 240 Å². The average molecular weight is 1890 g/mol. The van der Waals surface area contributed by atoms with Crippen molar-refractivity contribution in [2.75, 3.05) is 105 Å². The lowest BCUT2D eigenvalue weighted by Gasteiger charge is -2.32. The van der Waals surface area contributed by atoms with E-state index in [1.165, 1.54) is 44.8 Å². The fraction of sp³-hybridized carbons (Fsp3) is 0.292. The number of rotatable bonds is 25. The van der Waals surface area contributed by atoms with E-state index in [0.717, 1.165) is 103 Å². The molecule has 0 aliphatic heterocycles. The van der Waals surface area contributed by atoms with Crippen molar-refractivity contribution in [3.05, 3.63) is 240 Å². The Kier molecular flexibility index (Phi) is 36.4. The van der Waals surface area contributed by atoms with Gasteiger partial charge < -0.3 is 101 Å². The van der Waals surface area contributed by atoms with Gasteiger partial charge in [0, 0.05) is 86.4 Å². The molecule has 0 bridgehead atoms. The molecule has 0 aliphatic rings. The van der Waals surface area contributed by atoms with Gasteiger partial charge >= 0.3 is 17.9 Å². The standard InChI is InChI=1S/C21H27N4O4.C19H24N4O3.C15H12BrN3O2.C15H13N3O2.C13H11N3O.C6H15NO2.2BrH/c1-15(26)29-20-11-10-16(13-25(2,3)14-21(27-4)28-5)12-19(20)24-22-17-8-6-7-9-18(17)23-24;1-23(2,13-19(25-3)26-4)12-14-9-10-18(24)17(11-14)22-20-15-7-5-6-8-16(15)21-22;1-10(20)21-15-7-6-11(9-16)8-14(15)19-17-12-4-2-3-5-13(12)18-19;1-10-7-8-15(20-11(2)19)14(9-10)18-16-12-5-3-4-6-13(12)17-18;1-9-6-7-13(17)12(8-9)16-14-10-4-2-3-5-11(10)15-16;1-7(2)5-6(8-3)9-4;;/h6-12,21H,13-14H2,1-5H3;5-11,19H,12-13H2,1-4H3;2-8H,9H2,1H3;3-9H,1-2H3;2-8,17H,1H3;6H,5H2,1-4H3;2*1H/q+1;;;;;;;/p-1. The number of carbonyl (C=O) groups is 3. The summed E-state index contributed by atoms with van der Waals surface area (Å²) in [5.41, 5.74) is 16.2. The molecule has 10 aromatic carbocycles. The van der Waals surface area contributed by atoms with Crippen LogP contribution in [0.15, 0.2) is 212 Å². The van der Waals surface area contributed by atoms with Crippen molar-refractivity contribution < 1.29 is 110 Å². The first-order valence-corrected chi connectivity index (χ1v) is 39.8. The molecule has 0 amide bonds. The molecule has 0 radical (unpaired) electrons. The maximum absolute atomic E-state index is 11.6. The van der Waals surface area contributed by atoms with Crippen LogP contribution >= 0.6 is 15.9 Å². The maximum Gasteiger partial charge on any atom is 0.308 e. The lowest BCUT2D eigenvalue weighted by atomic mass is 10.1. The highest BCUT2D eigenvalue weighted by molar-refractivity contribution is 9.08. The third-order valence-corrected chi connectivity index (χ3v) is 19.0. The van der Waals surface area contributed by atoms with E-state index >= 15 is 0 Å². The number of carbonyl (C=O) groups excluding carboxylic acids is 3. The molecule has 124 heavy (non-hydrogen) atoms. The van der Waals surface area contributed by atoms with E-state index in [2.05, 4.69) is 95.1 Å². The minimum Gasteiger partial charge on any atom is -1.00 e. The number of nitrogens with zero attached hydrogens (tertiary/aromatic N) is 18. The Balaban J connectivity index is 0.000000188. The van der Waals surface area contributed by atoms with Gasteiger partial charge in [-0.2, -0.15) is 0 Å². The van der Waals surface area contributed by atoms with Crippen LogP contribution in [0.25, 0.3) is 83.6 Å². The number of fused-ring (bicyclic) bond motifs is 5. The molecular formula is C89H103Br3N18O14. The Labute approximate surface area is 748 Å². The summed E-state index contributed by atoms with van der Waals surface area (Å²) in [7, 11) is 22.2. The molecule has 0 spiro atoms. The molecule has 5 heterocycles. The first kappa shape index (κ1) is 97.7. The number of aromatic hydroxyl groups is 2. The van der Waals surface area contributed by atoms with Gasteiger partial charge in [-0.3, -0.25) is 14.4 Å². The van der Waals surface area contributed by atoms with E-state index in [1.54, 1.807) is 73.0 Å². The number of likely N-dealkylation sites (N-methyl/N-ethyl adjacent to an activating group) is 3. The molecule has 0 saturated heterocycles. The molecule has 32 nitrogen and oxygen atoms in total. The molecule has 654 valence electrons. The molecule has 15 aromatic rings. The van der Waals surface area contributed by atoms with E-state index in [1.807, 2.05) is 215 Å². The smallest absolute Gasteiger partial charge is 0.308 e. The van der Waals surface area contributed by atoms with Crippen LogP contribution < -0.4 is 48.2 Å². The average Bonchev–Trinajstić information content (AvgIpc) is 1.62. The summed E-state index contributed by atoms with van der Waals surface area (Å²) in [6.45, 7) is 11.7. The molecule has 0 saturated carbocycles. The fourth-order valence-electron chi connectivity index (χ4n) is 12.5. The van der Waals surface area contributed by atoms with Crippen LogP contribution in [-0.2, 0) is 61.2 Å². The third-order valence-electron chi connectivity index (χ3n) is 18.4. The monoisotopic (exact) mass is 1880 g/mol. The number of hydrogen-bond acceptors (Lipinski definition) is 25. The fourth-order valence-corrected chi connectivity index (χ4v) is 12.9. The van der Waals surface area contributed by atoms with Crippen LogP contribution in [0.1, 0.15) is 48.6 Å². The zero-order valence-corrected chi connectivity index (χ0v) is 76.9. The number of esters is 3. The number of methoxy groups -OCH3 is 6. The van der Waals surface area contributed by atoms with Gasteiger partial charge in [0.25, 0.3) is 0 Å². The molecule has 35 heteroatoms. The van der Waals surface area contributed by atoms with Crippen LogP contribution in [0.2, 0.25) is 0 Å². The van der Waals surface area contributed by atoms with Gasteiger partial charge in [-0.15, -0.1) is 75.0 Å². The summed E-state index contributed by atoms with van der Waals surface area (Å²) in [6.07, 6.45) is -0.650. The zero-order chi connectivity index (χ0) is 87.8. The lowest BCUT2D eigenvalue weighted by molar-refractivity contribution is -0.909. The SMILES string of the molecule is CC(=O)Oc1ccc(C)cc1-n1nc2ccccc2n1.CC(=O)Oc1ccc(CBr)cc1-n1nc2ccccc2n1.COC(CN(C)C)OC.COC(C[N+](C)(C)Cc1ccc(O)c(-n2nc3ccccc3n2)c1)OC.COC(C[N+](C)(C)Cc1ccc(OC(C)=O)c(-n2nc3ccccc3n2)c1)OC.Cc1ccc(O)c(-n2nc3ccccc3n2)c1.[Br-].[Br-]. The van der Waals surface area contributed by atoms with Gasteiger partial charge in [0.15, 0.2) is 23.5 Å². The maximum atomic E-state index is 11.6. The molecule has 0 fully saturated rings. The van der Waals surface area contributed by atoms with Gasteiger partial charge in [0.1, 0.15) is 121 Å². The minimum atomic E-state index is -0.394. The highest BCUT2D eigenvalue weighted by Crippen LogP contribution is 2.31. The Morgan fingerprint density at radius 2 is 0.589 bits per heavy atom. The predicted octanol–water partition coefficient (Wildman–Crippen LogP) is 7.37. The van der Waals surface area contributed by atoms with E-state index in [9.17, 15) is 24.6 Å². The summed E-state index contributed by atoms with van der Waals surface area (Å²) in [6, 6.07) is 65.6. The number of ether oxygens (including phenoxy) is 9. The molecule has 15 rings (SSSR count). The van der Waals surface area contributed by atoms with Gasteiger partial charge in [0.05, 0.1) is 28.2 Å². The summed E-state index contributed by atoms with van der Waals surface area (Å²) in [5, 5.41) is 65.1. The number of hydrogen-bond donors (Lipinski definition) is 2. The molecule has 2 N–H and O–H groups in total. The second-order valence-electron chi connectivity index (χ2n) is 29.7. The van der Waals surface area contributed by atoms with Crippen LogP contribution in [0, 0.1) is 13.8 Å². The second kappa shape index (κ2) is 46.1. The topological polar surface area (TPSA) is 332 Å². The van der Waals surface area contributed by atoms with Gasteiger partial charge in [-0.25, -0.2) is 0 Å². The van der Waals surface area contributed by atoms with Crippen molar-refractivity contribution in [3.63, 3.8) is 0 Å². The van der Waals surface area contributed by atoms with Crippen LogP contribution in [0.5, 0.6) is 28.7 Å². The summed E-state index contributed by atoms with van der Waals surface area (Å²) < 4.78 is 48.4. The molecule has 0 unspecified atom stereocenters. The summed E-state index contributed by atoms with van der Waals surface area (Å²) in [4.78, 5) is 43.5. The van der Waals surface area contributed by atoms with E-state index in [-0.39, 0.29) is 76.3 Å². The third kappa shape index (κ3) is 27.6. The Hall–Kier alpha value is -11.7. The quantitative estimate of drug-likeness (QED) is 0.0185. The molecular weight excluding hydrogens is 1780 g/mol. The number of quaternary nitrogens is 2. The van der Waals surface area contributed by atoms with Crippen molar-refractivity contribution in [1.29, 1.82) is 0 Å². The summed E-state index contributed by atoms with van der Waals surface area (Å²) in [5.74, 6) is 0.484. The number of halogens is 3. The van der Waals surface area contributed by atoms with Crippen molar-refractivity contribution in [3.8, 4) is 57.2 Å². The number of benzene rings is 10. The predicted molar refractivity (Wildman–Crippen MR) is 467 cm³/mol. The molecule has 5 aromatic heterocycles. The number of phenols is 2. The van der Waals surface area contributed by atoms with E-state index in [4.69, 9.17) is 42.6 Å². The Bertz CT molecular complexity index is 5840. The van der Waals surface area contributed by atoms with Crippen molar-refractivity contribution >= 4 is 89.0 Å². The number of aromatic nitrogens is 15. The highest BCUT2D eigenvalue weighted by atomic mass is 79.9. The first-order valence-electron chi connectivity index (χ1n) is 38.6. The van der Waals surface area contributed by atoms with Crippen LogP contribution in [0.4, 0.5) is 0 Å². The minimum absolute atomic E-state index is 0. The second-order valence-corrected chi connectivity index (χ2v) is 30.3. The van der Waals surface area contributed by atoms with E-state index < -0.39 is 5.97 Å². The van der Waals surface area contributed by atoms with Gasteiger partial charge in [-0.1, -0.05) is 94.8 Å². The molecule has 0 aliphatic carbocycles. The molecule has 0 atom stereocenters. The number of phenolic OH excluding ortho intramolecular Hbond substituents is 2. The van der Waals surface area contributed by atoms with Crippen molar-refractivity contribution in [1.82, 2.24) is 79.9 Å². The first-order chi connectivity index (χ1) is 58.5. The van der Waals surface area contributed by atoms with Crippen molar-refractivity contribution in [2.45, 2.75) is 71.9 Å².